The summed E-state index contributed by atoms with van der Waals surface area (Å²) in [6, 6.07) is 4.79. The zero-order valence-electron chi connectivity index (χ0n) is 55.5. The minimum absolute atomic E-state index is 0.00655. The fourth-order valence-electron chi connectivity index (χ4n) is 12.4. The average Bonchev–Trinajstić information content (AvgIpc) is 1.66. The van der Waals surface area contributed by atoms with E-state index in [2.05, 4.69) is 42.2 Å². The van der Waals surface area contributed by atoms with Crippen molar-refractivity contribution in [1.82, 2.24) is 46.7 Å². The number of primary amides is 1. The van der Waals surface area contributed by atoms with E-state index in [1.807, 2.05) is 13.8 Å². The number of ether oxygens (including phenoxy) is 1. The summed E-state index contributed by atoms with van der Waals surface area (Å²) in [6.45, 7) is 8.32. The van der Waals surface area contributed by atoms with Gasteiger partial charge in [0.05, 0.1) is 78.0 Å². The molecular formula is C67H91N11O18S. The van der Waals surface area contributed by atoms with Gasteiger partial charge >= 0.3 is 0 Å². The number of nitrogens with two attached hydrogens (primary N) is 1. The van der Waals surface area contributed by atoms with Crippen LogP contribution in [-0.2, 0) is 86.2 Å². The van der Waals surface area contributed by atoms with E-state index in [4.69, 9.17) is 10.5 Å². The summed E-state index contributed by atoms with van der Waals surface area (Å²) >= 11 is 0. The number of anilines is 1. The molecule has 97 heavy (non-hydrogen) atoms. The number of nitrogens with zero attached hydrogens (tertiary/aromatic N) is 2. The second-order valence-electron chi connectivity index (χ2n) is 26.0. The van der Waals surface area contributed by atoms with Crippen LogP contribution in [0, 0.1) is 35.5 Å². The molecule has 3 aromatic rings. The molecule has 0 aliphatic carbocycles. The van der Waals surface area contributed by atoms with Gasteiger partial charge in [0.15, 0.2) is 17.3 Å². The predicted octanol–water partition coefficient (Wildman–Crippen LogP) is -0.232. The molecule has 13 N–H and O–H groups in total. The van der Waals surface area contributed by atoms with Crippen LogP contribution in [-0.4, -0.2) is 198 Å². The maximum Gasteiger partial charge on any atom is 0.253 e. The lowest BCUT2D eigenvalue weighted by Crippen LogP contribution is -2.56. The number of Topliss-reactive ketones (excluding diaryl/α,β-unsaturated/α-hetero) is 3. The van der Waals surface area contributed by atoms with Gasteiger partial charge in [-0.25, -0.2) is 0 Å². The molecule has 10 amide bonds. The van der Waals surface area contributed by atoms with E-state index < -0.39 is 200 Å². The van der Waals surface area contributed by atoms with Crippen molar-refractivity contribution in [3.8, 4) is 5.75 Å². The first-order valence-electron chi connectivity index (χ1n) is 33.0. The van der Waals surface area contributed by atoms with Crippen molar-refractivity contribution in [2.24, 2.45) is 41.2 Å². The van der Waals surface area contributed by atoms with E-state index >= 15 is 4.21 Å². The highest BCUT2D eigenvalue weighted by atomic mass is 32.2. The van der Waals surface area contributed by atoms with Crippen molar-refractivity contribution in [1.29, 1.82) is 0 Å². The van der Waals surface area contributed by atoms with Crippen LogP contribution in [0.3, 0.4) is 0 Å². The van der Waals surface area contributed by atoms with E-state index in [1.165, 1.54) is 24.0 Å². The standard InChI is InChI=1S/C67H91N11O18S/c1-7-36(4)60-65(93)71-29-55(86)73-48-34-97(95)66-46(23-40(63(91)70-30-56(87)75-60)24-52(83)61(38(6)53(84)32-79)76-64(92)49-27-43(80)31-78(49)67(94)41(25-50(48)81)26-54(68)85)45-17-16-44(28-47(45)74-66)96-33-39-12-14-42(15-13-39)72-62(90)37(5)22-51(82)59(35(2)3)69-20-10-8-9-11-21-77-57(88)18-19-58(77)89/h12-19,28,35-38,40-41,43,48-49,53,59-61,69,74,79-80,84H,7-11,20-27,29-34H2,1-6H3,(H2,68,85)(H,70,91)(H,71,93)(H,72,90)(H,73,86)(H,75,87)(H,76,92)/t36-,37+,38-,40-,41-,43+,48-,49-,53-,59?,60-,61-,97?/m0/s1. The minimum atomic E-state index is -2.39. The summed E-state index contributed by atoms with van der Waals surface area (Å²) in [7, 11) is -2.39. The van der Waals surface area contributed by atoms with E-state index in [0.717, 1.165) is 24.2 Å². The zero-order chi connectivity index (χ0) is 70.9. The fourth-order valence-corrected chi connectivity index (χ4v) is 13.8. The quantitative estimate of drug-likeness (QED) is 0.0407. The van der Waals surface area contributed by atoms with Gasteiger partial charge in [0.25, 0.3) is 11.8 Å². The van der Waals surface area contributed by atoms with E-state index in [1.54, 1.807) is 63.2 Å². The summed E-state index contributed by atoms with van der Waals surface area (Å²) in [5.74, 6) is -15.6. The second kappa shape index (κ2) is 35.1. The van der Waals surface area contributed by atoms with Gasteiger partial charge in [-0.1, -0.05) is 72.9 Å². The number of carbonyl (C=O) groups excluding carboxylic acids is 13. The summed E-state index contributed by atoms with van der Waals surface area (Å²) in [5.41, 5.74) is 7.17. The summed E-state index contributed by atoms with van der Waals surface area (Å²) < 4.78 is 21.5. The first-order chi connectivity index (χ1) is 46.1. The number of aliphatic hydroxyl groups excluding tert-OH is 3. The number of imide groups is 1. The molecule has 4 aliphatic heterocycles. The maximum atomic E-state index is 15.2. The number of hydrogen-bond acceptors (Lipinski definition) is 19. The molecule has 4 aliphatic rings. The van der Waals surface area contributed by atoms with Crippen LogP contribution in [0.4, 0.5) is 5.69 Å². The topological polar surface area (TPSA) is 441 Å². The first kappa shape index (κ1) is 75.8. The molecule has 0 saturated carbocycles. The number of nitrogens with one attached hydrogen (secondary N) is 8. The maximum absolute atomic E-state index is 15.2. The Morgan fingerprint density at radius 3 is 2.12 bits per heavy atom. The van der Waals surface area contributed by atoms with Crippen LogP contribution in [0.1, 0.15) is 117 Å². The van der Waals surface area contributed by atoms with Gasteiger partial charge in [0, 0.05) is 92.2 Å². The number of aliphatic hydroxyl groups is 3. The molecule has 0 spiro atoms. The SMILES string of the molecule is CC[C@H](C)[C@@H]1NC(=O)CNC(=O)[C@@H]2CC(=O)[C@H]([C@@H](C)[C@@H](O)CO)NC(=O)[C@@H]3C[C@@H](O)CN3C(=O)[C@H](CC(N)=O)CC(=O)[C@H](CS(=O)c3[nH]c4cc(OCc5ccc(NC(=O)[C@H](C)CC(=O)C(NCCCCCCN6C(=O)C=CC6=O)C(C)C)cc5)ccc4c3C2)NC(=O)CNC1=O. The molecule has 528 valence electrons. The third-order valence-electron chi connectivity index (χ3n) is 18.3. The highest BCUT2D eigenvalue weighted by Gasteiger charge is 2.45. The number of rotatable bonds is 24. The Morgan fingerprint density at radius 1 is 0.794 bits per heavy atom. The first-order valence-corrected chi connectivity index (χ1v) is 34.3. The van der Waals surface area contributed by atoms with Gasteiger partial charge in [0.1, 0.15) is 29.5 Å². The predicted molar refractivity (Wildman–Crippen MR) is 352 cm³/mol. The summed E-state index contributed by atoms with van der Waals surface area (Å²) in [5, 5.41) is 51.1. The van der Waals surface area contributed by atoms with E-state index in [0.29, 0.717) is 42.6 Å². The molecular weight excluding hydrogens is 1280 g/mol. The number of amides is 10. The third kappa shape index (κ3) is 20.5. The molecule has 29 nitrogen and oxygen atoms in total. The Labute approximate surface area is 564 Å². The number of benzene rings is 2. The fraction of sp³-hybridized carbons (Fsp3) is 0.567. The Hall–Kier alpha value is -8.58. The number of ketones is 3. The molecule has 1 fully saturated rings. The highest BCUT2D eigenvalue weighted by molar-refractivity contribution is 7.85. The second-order valence-corrected chi connectivity index (χ2v) is 27.5. The van der Waals surface area contributed by atoms with Crippen LogP contribution in [0.5, 0.6) is 5.75 Å². The average molecular weight is 1370 g/mol. The molecule has 2 unspecified atom stereocenters. The Balaban J connectivity index is 1.15. The van der Waals surface area contributed by atoms with Gasteiger partial charge in [0.2, 0.25) is 47.3 Å². The minimum Gasteiger partial charge on any atom is -0.489 e. The van der Waals surface area contributed by atoms with Crippen LogP contribution in [0.25, 0.3) is 10.9 Å². The lowest BCUT2D eigenvalue weighted by Gasteiger charge is -2.32. The number of hydrogen-bond donors (Lipinski definition) is 12. The molecule has 1 saturated heterocycles. The van der Waals surface area contributed by atoms with Crippen molar-refractivity contribution in [2.75, 3.05) is 50.4 Å². The third-order valence-corrected chi connectivity index (χ3v) is 19.7. The smallest absolute Gasteiger partial charge is 0.253 e. The Kier molecular flexibility index (Phi) is 27.4. The molecule has 0 radical (unpaired) electrons. The molecule has 2 bridgehead atoms. The van der Waals surface area contributed by atoms with Gasteiger partial charge in [-0.2, -0.15) is 0 Å². The normalized spacial score (nSPS) is 24.3. The zero-order valence-corrected chi connectivity index (χ0v) is 56.3. The van der Waals surface area contributed by atoms with Gasteiger partial charge in [-0.3, -0.25) is 71.4 Å². The Morgan fingerprint density at radius 2 is 1.46 bits per heavy atom. The van der Waals surface area contributed by atoms with Crippen LogP contribution < -0.4 is 47.7 Å². The number of aromatic amines is 1. The lowest BCUT2D eigenvalue weighted by molar-refractivity contribution is -0.145. The van der Waals surface area contributed by atoms with Crippen molar-refractivity contribution in [2.45, 2.75) is 166 Å². The van der Waals surface area contributed by atoms with Crippen molar-refractivity contribution >= 4 is 104 Å². The largest absolute Gasteiger partial charge is 0.489 e. The summed E-state index contributed by atoms with van der Waals surface area (Å²) in [4.78, 5) is 183. The molecule has 1 aromatic heterocycles. The number of fused-ring (bicyclic) bond motifs is 5. The van der Waals surface area contributed by atoms with E-state index in [9.17, 15) is 77.6 Å². The van der Waals surface area contributed by atoms with Crippen molar-refractivity contribution in [3.05, 3.63) is 65.7 Å². The number of carbonyl (C=O) groups is 13. The van der Waals surface area contributed by atoms with Crippen LogP contribution >= 0.6 is 0 Å². The van der Waals surface area contributed by atoms with Gasteiger partial charge < -0.3 is 72.9 Å². The summed E-state index contributed by atoms with van der Waals surface area (Å²) in [6.07, 6.45) is -0.224. The molecule has 2 aromatic carbocycles. The lowest BCUT2D eigenvalue weighted by atomic mass is 9.85. The number of H-pyrrole nitrogens is 1. The van der Waals surface area contributed by atoms with Crippen LogP contribution in [0.2, 0.25) is 0 Å². The molecule has 5 heterocycles. The molecule has 30 heteroatoms. The molecule has 13 atom stereocenters. The monoisotopic (exact) mass is 1370 g/mol. The van der Waals surface area contributed by atoms with E-state index in [-0.39, 0.29) is 64.3 Å². The number of aromatic nitrogens is 1. The molecule has 7 rings (SSSR count). The van der Waals surface area contributed by atoms with Gasteiger partial charge in [-0.05, 0) is 73.0 Å². The van der Waals surface area contributed by atoms with Gasteiger partial charge in [-0.15, -0.1) is 0 Å². The van der Waals surface area contributed by atoms with Crippen molar-refractivity contribution < 1.29 is 86.6 Å². The van der Waals surface area contributed by atoms with Crippen molar-refractivity contribution in [3.63, 3.8) is 0 Å². The number of unbranched alkanes of at least 4 members (excludes halogenated alkanes) is 3. The van der Waals surface area contributed by atoms with Crippen LogP contribution in [0.15, 0.2) is 59.6 Å². The Bertz CT molecular complexity index is 3480. The highest BCUT2D eigenvalue weighted by Crippen LogP contribution is 2.34.